The highest BCUT2D eigenvalue weighted by molar-refractivity contribution is 6.34. The number of aromatic nitrogens is 3. The van der Waals surface area contributed by atoms with E-state index in [1.165, 1.54) is 16.6 Å². The number of amides is 1. The van der Waals surface area contributed by atoms with E-state index in [1.54, 1.807) is 12.3 Å². The first-order valence-electron chi connectivity index (χ1n) is 8.65. The van der Waals surface area contributed by atoms with Crippen LogP contribution in [0, 0.1) is 5.92 Å². The molecule has 4 rings (SSSR count). The number of hydrogen-bond donors (Lipinski definition) is 2. The zero-order valence-electron chi connectivity index (χ0n) is 15.0. The van der Waals surface area contributed by atoms with E-state index < -0.39 is 11.7 Å². The quantitative estimate of drug-likeness (QED) is 0.629. The topological polar surface area (TPSA) is 80.5 Å². The summed E-state index contributed by atoms with van der Waals surface area (Å²) >= 11 is 6.20. The molecule has 0 bridgehead atoms. The SMILES string of the molecule is COc1c(Nc2nc(NC(=O)C3CC3)nn3ccc(Cl)c23)cccc1C(F)(F)F. The van der Waals surface area contributed by atoms with Crippen molar-refractivity contribution in [1.29, 1.82) is 0 Å². The Kier molecular flexibility index (Phi) is 4.73. The van der Waals surface area contributed by atoms with Crippen LogP contribution in [0.2, 0.25) is 5.02 Å². The van der Waals surface area contributed by atoms with E-state index in [2.05, 4.69) is 20.7 Å². The Bertz CT molecular complexity index is 1100. The number of para-hydroxylation sites is 1. The molecule has 0 saturated heterocycles. The first kappa shape index (κ1) is 19.3. The molecule has 0 unspecified atom stereocenters. The molecule has 1 fully saturated rings. The van der Waals surface area contributed by atoms with Crippen molar-refractivity contribution in [3.63, 3.8) is 0 Å². The van der Waals surface area contributed by atoms with Crippen molar-refractivity contribution in [3.05, 3.63) is 41.0 Å². The molecular formula is C18H15ClF3N5O2. The third-order valence-corrected chi connectivity index (χ3v) is 4.73. The Balaban J connectivity index is 1.77. The molecule has 1 aromatic carbocycles. The maximum atomic E-state index is 13.3. The molecule has 0 aliphatic heterocycles. The van der Waals surface area contributed by atoms with Gasteiger partial charge in [-0.2, -0.15) is 18.2 Å². The number of alkyl halides is 3. The number of halogens is 4. The minimum atomic E-state index is -4.60. The lowest BCUT2D eigenvalue weighted by molar-refractivity contribution is -0.138. The molecule has 1 amide bonds. The average Bonchev–Trinajstić information content (AvgIpc) is 3.45. The average molecular weight is 426 g/mol. The number of nitrogens with one attached hydrogen (secondary N) is 2. The number of ether oxygens (including phenoxy) is 1. The molecule has 1 aliphatic rings. The van der Waals surface area contributed by atoms with Crippen molar-refractivity contribution in [2.75, 3.05) is 17.7 Å². The van der Waals surface area contributed by atoms with Crippen LogP contribution < -0.4 is 15.4 Å². The van der Waals surface area contributed by atoms with Gasteiger partial charge in [0, 0.05) is 12.1 Å². The van der Waals surface area contributed by atoms with E-state index in [-0.39, 0.29) is 35.0 Å². The van der Waals surface area contributed by atoms with E-state index in [0.29, 0.717) is 10.5 Å². The van der Waals surface area contributed by atoms with Gasteiger partial charge in [0.05, 0.1) is 23.4 Å². The fraction of sp³-hybridized carbons (Fsp3) is 0.278. The summed E-state index contributed by atoms with van der Waals surface area (Å²) in [6, 6.07) is 5.16. The van der Waals surface area contributed by atoms with E-state index in [4.69, 9.17) is 16.3 Å². The number of methoxy groups -OCH3 is 1. The van der Waals surface area contributed by atoms with Gasteiger partial charge in [0.2, 0.25) is 11.9 Å². The number of hydrogen-bond acceptors (Lipinski definition) is 5. The van der Waals surface area contributed by atoms with Crippen molar-refractivity contribution in [3.8, 4) is 5.75 Å². The van der Waals surface area contributed by atoms with Crippen molar-refractivity contribution in [1.82, 2.24) is 14.6 Å². The van der Waals surface area contributed by atoms with Crippen molar-refractivity contribution < 1.29 is 22.7 Å². The van der Waals surface area contributed by atoms with Gasteiger partial charge in [0.1, 0.15) is 5.52 Å². The van der Waals surface area contributed by atoms with E-state index in [0.717, 1.165) is 26.0 Å². The van der Waals surface area contributed by atoms with Crippen LogP contribution in [0.5, 0.6) is 5.75 Å². The second-order valence-electron chi connectivity index (χ2n) is 6.51. The van der Waals surface area contributed by atoms with Gasteiger partial charge in [-0.25, -0.2) is 4.52 Å². The normalized spacial score (nSPS) is 14.1. The number of rotatable bonds is 5. The Hall–Kier alpha value is -3.01. The van der Waals surface area contributed by atoms with Gasteiger partial charge >= 0.3 is 6.18 Å². The minimum Gasteiger partial charge on any atom is -0.494 e. The highest BCUT2D eigenvalue weighted by Crippen LogP contribution is 2.41. The van der Waals surface area contributed by atoms with Gasteiger partial charge in [-0.15, -0.1) is 5.10 Å². The second-order valence-corrected chi connectivity index (χ2v) is 6.92. The Labute approximate surface area is 167 Å². The van der Waals surface area contributed by atoms with Crippen molar-refractivity contribution in [2.45, 2.75) is 19.0 Å². The van der Waals surface area contributed by atoms with Gasteiger partial charge in [0.15, 0.2) is 11.6 Å². The Morgan fingerprint density at radius 1 is 1.31 bits per heavy atom. The zero-order chi connectivity index (χ0) is 20.8. The molecule has 2 N–H and O–H groups in total. The fourth-order valence-corrected chi connectivity index (χ4v) is 3.12. The molecule has 11 heteroatoms. The van der Waals surface area contributed by atoms with Crippen LogP contribution in [0.4, 0.5) is 30.6 Å². The number of anilines is 3. The van der Waals surface area contributed by atoms with Crippen LogP contribution in [0.15, 0.2) is 30.5 Å². The number of carbonyl (C=O) groups is 1. The molecule has 0 atom stereocenters. The highest BCUT2D eigenvalue weighted by Gasteiger charge is 2.35. The van der Waals surface area contributed by atoms with Crippen LogP contribution >= 0.6 is 11.6 Å². The lowest BCUT2D eigenvalue weighted by Crippen LogP contribution is -2.17. The number of nitrogens with zero attached hydrogens (tertiary/aromatic N) is 3. The number of carbonyl (C=O) groups excluding carboxylic acids is 1. The summed E-state index contributed by atoms with van der Waals surface area (Å²) < 4.78 is 46.3. The molecule has 0 spiro atoms. The largest absolute Gasteiger partial charge is 0.494 e. The summed E-state index contributed by atoms with van der Waals surface area (Å²) in [5, 5.41) is 9.93. The maximum absolute atomic E-state index is 13.3. The molecule has 2 aromatic heterocycles. The smallest absolute Gasteiger partial charge is 0.420 e. The molecule has 29 heavy (non-hydrogen) atoms. The predicted molar refractivity (Wildman–Crippen MR) is 101 cm³/mol. The summed E-state index contributed by atoms with van der Waals surface area (Å²) in [6.07, 6.45) is -1.44. The monoisotopic (exact) mass is 425 g/mol. The molecule has 3 aromatic rings. The zero-order valence-corrected chi connectivity index (χ0v) is 15.8. The minimum absolute atomic E-state index is 0.00936. The summed E-state index contributed by atoms with van der Waals surface area (Å²) in [4.78, 5) is 16.3. The van der Waals surface area contributed by atoms with Crippen LogP contribution in [-0.4, -0.2) is 27.6 Å². The van der Waals surface area contributed by atoms with Gasteiger partial charge < -0.3 is 10.1 Å². The molecule has 152 valence electrons. The second kappa shape index (κ2) is 7.11. The fourth-order valence-electron chi connectivity index (χ4n) is 2.89. The molecule has 2 heterocycles. The summed E-state index contributed by atoms with van der Waals surface area (Å²) in [5.74, 6) is -0.524. The van der Waals surface area contributed by atoms with Crippen LogP contribution in [-0.2, 0) is 11.0 Å². The Morgan fingerprint density at radius 3 is 2.72 bits per heavy atom. The first-order chi connectivity index (χ1) is 13.8. The number of benzene rings is 1. The van der Waals surface area contributed by atoms with Gasteiger partial charge in [0.25, 0.3) is 0 Å². The molecule has 0 radical (unpaired) electrons. The molecule has 7 nitrogen and oxygen atoms in total. The first-order valence-corrected chi connectivity index (χ1v) is 9.02. The van der Waals surface area contributed by atoms with Crippen LogP contribution in [0.25, 0.3) is 5.52 Å². The Morgan fingerprint density at radius 2 is 2.07 bits per heavy atom. The molecular weight excluding hydrogens is 411 g/mol. The third-order valence-electron chi connectivity index (χ3n) is 4.42. The summed E-state index contributed by atoms with van der Waals surface area (Å²) in [7, 11) is 1.15. The standard InChI is InChI=1S/C18H15ClF3N5O2/c1-29-14-10(18(20,21)22)3-2-4-12(14)23-15-13-11(19)7-8-27(13)26-17(24-15)25-16(28)9-5-6-9/h2-4,7-9H,5-6H2,1H3,(H2,23,24,25,26,28). The predicted octanol–water partition coefficient (Wildman–Crippen LogP) is 4.50. The van der Waals surface area contributed by atoms with E-state index in [9.17, 15) is 18.0 Å². The maximum Gasteiger partial charge on any atom is 0.420 e. The van der Waals surface area contributed by atoms with Crippen LogP contribution in [0.1, 0.15) is 18.4 Å². The van der Waals surface area contributed by atoms with Gasteiger partial charge in [-0.05, 0) is 31.0 Å². The lowest BCUT2D eigenvalue weighted by atomic mass is 10.1. The molecule has 1 aliphatic carbocycles. The van der Waals surface area contributed by atoms with E-state index in [1.807, 2.05) is 0 Å². The van der Waals surface area contributed by atoms with E-state index >= 15 is 0 Å². The highest BCUT2D eigenvalue weighted by atomic mass is 35.5. The van der Waals surface area contributed by atoms with Gasteiger partial charge in [-0.1, -0.05) is 17.7 Å². The number of fused-ring (bicyclic) bond motifs is 1. The van der Waals surface area contributed by atoms with Gasteiger partial charge in [-0.3, -0.25) is 10.1 Å². The summed E-state index contributed by atoms with van der Waals surface area (Å²) in [6.45, 7) is 0. The third kappa shape index (κ3) is 3.80. The lowest BCUT2D eigenvalue weighted by Gasteiger charge is -2.17. The van der Waals surface area contributed by atoms with Crippen molar-refractivity contribution in [2.24, 2.45) is 5.92 Å². The van der Waals surface area contributed by atoms with Crippen LogP contribution in [0.3, 0.4) is 0 Å². The molecule has 1 saturated carbocycles. The van der Waals surface area contributed by atoms with Crippen molar-refractivity contribution >= 4 is 40.5 Å². The summed E-state index contributed by atoms with van der Waals surface area (Å²) in [5.41, 5.74) is -0.547.